The van der Waals surface area contributed by atoms with Gasteiger partial charge in [0, 0.05) is 11.3 Å². The minimum absolute atomic E-state index is 0.639. The molecule has 3 rings (SSSR count). The summed E-state index contributed by atoms with van der Waals surface area (Å²) in [4.78, 5) is 0. The van der Waals surface area contributed by atoms with Gasteiger partial charge in [0.25, 0.3) is 0 Å². The number of nitrogens with one attached hydrogen (secondary N) is 1. The summed E-state index contributed by atoms with van der Waals surface area (Å²) in [5.74, 6) is 0. The summed E-state index contributed by atoms with van der Waals surface area (Å²) in [6.07, 6.45) is 0. The zero-order valence-electron chi connectivity index (χ0n) is 11.5. The van der Waals surface area contributed by atoms with Crippen LogP contribution in [-0.4, -0.2) is 0 Å². The van der Waals surface area contributed by atoms with E-state index in [1.165, 1.54) is 0 Å². The van der Waals surface area contributed by atoms with E-state index in [1.807, 2.05) is 60.7 Å². The Kier molecular flexibility index (Phi) is 3.66. The maximum Gasteiger partial charge on any atom is 0.101 e. The standard InChI is InChI=1S/C19H14N2/c20-14-16-10-4-6-12-18(16)21-19-13-7-5-11-17(19)15-8-2-1-3-9-15/h1-13,21H. The number of hydrogen-bond donors (Lipinski definition) is 1. The van der Waals surface area contributed by atoms with Gasteiger partial charge in [-0.25, -0.2) is 0 Å². The van der Waals surface area contributed by atoms with Crippen LogP contribution in [0.4, 0.5) is 11.4 Å². The van der Waals surface area contributed by atoms with Crippen molar-refractivity contribution in [3.8, 4) is 17.2 Å². The van der Waals surface area contributed by atoms with Crippen LogP contribution in [0.5, 0.6) is 0 Å². The number of anilines is 2. The van der Waals surface area contributed by atoms with Gasteiger partial charge in [-0.05, 0) is 23.8 Å². The van der Waals surface area contributed by atoms with E-state index in [2.05, 4.69) is 29.6 Å². The smallest absolute Gasteiger partial charge is 0.101 e. The van der Waals surface area contributed by atoms with E-state index < -0.39 is 0 Å². The van der Waals surface area contributed by atoms with Crippen LogP contribution < -0.4 is 5.32 Å². The van der Waals surface area contributed by atoms with Crippen LogP contribution in [0.3, 0.4) is 0 Å². The van der Waals surface area contributed by atoms with Crippen LogP contribution in [0.1, 0.15) is 5.56 Å². The first kappa shape index (κ1) is 13.0. The lowest BCUT2D eigenvalue weighted by Crippen LogP contribution is -1.95. The predicted octanol–water partition coefficient (Wildman–Crippen LogP) is 4.97. The zero-order valence-corrected chi connectivity index (χ0v) is 11.5. The van der Waals surface area contributed by atoms with Crippen molar-refractivity contribution < 1.29 is 0 Å². The highest BCUT2D eigenvalue weighted by molar-refractivity contribution is 5.82. The van der Waals surface area contributed by atoms with Crippen molar-refractivity contribution in [1.82, 2.24) is 0 Å². The fourth-order valence-corrected chi connectivity index (χ4v) is 2.30. The first-order chi connectivity index (χ1) is 10.4. The maximum atomic E-state index is 9.19. The van der Waals surface area contributed by atoms with Gasteiger partial charge in [-0.1, -0.05) is 60.7 Å². The van der Waals surface area contributed by atoms with Gasteiger partial charge in [-0.15, -0.1) is 0 Å². The van der Waals surface area contributed by atoms with E-state index in [4.69, 9.17) is 0 Å². The quantitative estimate of drug-likeness (QED) is 0.729. The monoisotopic (exact) mass is 270 g/mol. The third-order valence-electron chi connectivity index (χ3n) is 3.33. The molecule has 2 heteroatoms. The Labute approximate surface area is 124 Å². The molecule has 0 spiro atoms. The SMILES string of the molecule is N#Cc1ccccc1Nc1ccccc1-c1ccccc1. The van der Waals surface area contributed by atoms with Crippen LogP contribution in [0, 0.1) is 11.3 Å². The molecule has 0 saturated heterocycles. The summed E-state index contributed by atoms with van der Waals surface area (Å²) < 4.78 is 0. The topological polar surface area (TPSA) is 35.8 Å². The van der Waals surface area contributed by atoms with E-state index in [-0.39, 0.29) is 0 Å². The van der Waals surface area contributed by atoms with Crippen molar-refractivity contribution in [1.29, 1.82) is 5.26 Å². The van der Waals surface area contributed by atoms with Gasteiger partial charge in [0.2, 0.25) is 0 Å². The second-order valence-corrected chi connectivity index (χ2v) is 4.69. The van der Waals surface area contributed by atoms with Gasteiger partial charge in [-0.2, -0.15) is 5.26 Å². The van der Waals surface area contributed by atoms with Crippen molar-refractivity contribution in [2.24, 2.45) is 0 Å². The molecule has 0 aliphatic rings. The van der Waals surface area contributed by atoms with E-state index in [1.54, 1.807) is 0 Å². The largest absolute Gasteiger partial charge is 0.354 e. The summed E-state index contributed by atoms with van der Waals surface area (Å²) in [5.41, 5.74) is 4.72. The highest BCUT2D eigenvalue weighted by Crippen LogP contribution is 2.30. The molecular weight excluding hydrogens is 256 g/mol. The second-order valence-electron chi connectivity index (χ2n) is 4.69. The Morgan fingerprint density at radius 3 is 2.05 bits per heavy atom. The first-order valence-corrected chi connectivity index (χ1v) is 6.79. The molecule has 0 atom stereocenters. The van der Waals surface area contributed by atoms with Crippen LogP contribution in [0.2, 0.25) is 0 Å². The molecule has 3 aromatic carbocycles. The Morgan fingerprint density at radius 2 is 1.29 bits per heavy atom. The number of benzene rings is 3. The number of rotatable bonds is 3. The molecule has 0 saturated carbocycles. The van der Waals surface area contributed by atoms with Crippen molar-refractivity contribution in [3.63, 3.8) is 0 Å². The molecule has 0 heterocycles. The summed E-state index contributed by atoms with van der Waals surface area (Å²) in [5, 5.41) is 12.6. The van der Waals surface area contributed by atoms with E-state index in [0.717, 1.165) is 22.5 Å². The normalized spacial score (nSPS) is 9.86. The number of nitriles is 1. The number of hydrogen-bond acceptors (Lipinski definition) is 2. The van der Waals surface area contributed by atoms with Crippen molar-refractivity contribution in [2.45, 2.75) is 0 Å². The Morgan fingerprint density at radius 1 is 0.667 bits per heavy atom. The molecule has 0 fully saturated rings. The lowest BCUT2D eigenvalue weighted by molar-refractivity contribution is 1.46. The van der Waals surface area contributed by atoms with Gasteiger partial charge in [0.1, 0.15) is 6.07 Å². The summed E-state index contributed by atoms with van der Waals surface area (Å²) in [6.45, 7) is 0. The second kappa shape index (κ2) is 5.94. The third kappa shape index (κ3) is 2.77. The van der Waals surface area contributed by atoms with Gasteiger partial charge in [0.05, 0.1) is 11.3 Å². The van der Waals surface area contributed by atoms with Gasteiger partial charge >= 0.3 is 0 Å². The molecule has 0 bridgehead atoms. The molecule has 0 unspecified atom stereocenters. The zero-order chi connectivity index (χ0) is 14.5. The Hall–Kier alpha value is -3.05. The van der Waals surface area contributed by atoms with E-state index >= 15 is 0 Å². The third-order valence-corrected chi connectivity index (χ3v) is 3.33. The number of nitrogens with zero attached hydrogens (tertiary/aromatic N) is 1. The summed E-state index contributed by atoms with van der Waals surface area (Å²) >= 11 is 0. The maximum absolute atomic E-state index is 9.19. The van der Waals surface area contributed by atoms with Gasteiger partial charge in [-0.3, -0.25) is 0 Å². The molecule has 0 aliphatic carbocycles. The average molecular weight is 270 g/mol. The highest BCUT2D eigenvalue weighted by Gasteiger charge is 2.06. The van der Waals surface area contributed by atoms with Crippen LogP contribution >= 0.6 is 0 Å². The van der Waals surface area contributed by atoms with Crippen LogP contribution in [0.25, 0.3) is 11.1 Å². The molecule has 3 aromatic rings. The molecule has 1 N–H and O–H groups in total. The van der Waals surface area contributed by atoms with Crippen LogP contribution in [-0.2, 0) is 0 Å². The van der Waals surface area contributed by atoms with E-state index in [9.17, 15) is 5.26 Å². The average Bonchev–Trinajstić information content (AvgIpc) is 2.57. The molecule has 0 amide bonds. The fraction of sp³-hybridized carbons (Fsp3) is 0. The fourth-order valence-electron chi connectivity index (χ4n) is 2.30. The first-order valence-electron chi connectivity index (χ1n) is 6.79. The summed E-state index contributed by atoms with van der Waals surface area (Å²) in [7, 11) is 0. The molecule has 0 radical (unpaired) electrons. The van der Waals surface area contributed by atoms with Gasteiger partial charge in [0.15, 0.2) is 0 Å². The molecule has 0 aliphatic heterocycles. The highest BCUT2D eigenvalue weighted by atomic mass is 14.9. The Bertz CT molecular complexity index is 786. The number of para-hydroxylation sites is 2. The van der Waals surface area contributed by atoms with Crippen molar-refractivity contribution in [2.75, 3.05) is 5.32 Å². The lowest BCUT2D eigenvalue weighted by atomic mass is 10.0. The molecular formula is C19H14N2. The van der Waals surface area contributed by atoms with Crippen molar-refractivity contribution in [3.05, 3.63) is 84.4 Å². The van der Waals surface area contributed by atoms with Gasteiger partial charge < -0.3 is 5.32 Å². The molecule has 0 aromatic heterocycles. The predicted molar refractivity (Wildman–Crippen MR) is 86.3 cm³/mol. The van der Waals surface area contributed by atoms with Crippen molar-refractivity contribution >= 4 is 11.4 Å². The molecule has 21 heavy (non-hydrogen) atoms. The Balaban J connectivity index is 2.03. The lowest BCUT2D eigenvalue weighted by Gasteiger charge is -2.13. The van der Waals surface area contributed by atoms with E-state index in [0.29, 0.717) is 5.56 Å². The molecule has 100 valence electrons. The van der Waals surface area contributed by atoms with Crippen LogP contribution in [0.15, 0.2) is 78.9 Å². The minimum Gasteiger partial charge on any atom is -0.354 e. The minimum atomic E-state index is 0.639. The summed E-state index contributed by atoms with van der Waals surface area (Å²) in [6, 6.07) is 28.1. The molecule has 2 nitrogen and oxygen atoms in total.